The summed E-state index contributed by atoms with van der Waals surface area (Å²) in [5.41, 5.74) is 5.61. The van der Waals surface area contributed by atoms with Crippen LogP contribution in [-0.2, 0) is 5.41 Å². The third kappa shape index (κ3) is 5.02. The molecule has 0 aliphatic carbocycles. The van der Waals surface area contributed by atoms with E-state index in [4.69, 9.17) is 5.70 Å². The van der Waals surface area contributed by atoms with Crippen LogP contribution in [0, 0.1) is 0 Å². The van der Waals surface area contributed by atoms with Gasteiger partial charge in [-0.05, 0) is 46.4 Å². The average molecular weight is 399 g/mol. The van der Waals surface area contributed by atoms with E-state index in [9.17, 15) is 0 Å². The normalized spacial score (nSPS) is 11.8. The molecular formula is C24H24BN2OP. The Morgan fingerprint density at radius 2 is 1.14 bits per heavy atom. The Bertz CT molecular complexity index is 1060. The summed E-state index contributed by atoms with van der Waals surface area (Å²) in [5, 5.41) is 8.44. The van der Waals surface area contributed by atoms with E-state index in [2.05, 4.69) is 74.9 Å². The average Bonchev–Trinajstić information content (AvgIpc) is 3.25. The van der Waals surface area contributed by atoms with Crippen molar-refractivity contribution in [1.29, 1.82) is 1.28 Å². The predicted molar refractivity (Wildman–Crippen MR) is 125 cm³/mol. The SMILES string of the molecule is CC(C)(C)c1ccc(-c2nnc(-c3ccc(-c4ccccc4)cc3)o2)cc1.[2H]P[B]. The van der Waals surface area contributed by atoms with E-state index in [1.165, 1.54) is 11.1 Å². The molecule has 1 unspecified atom stereocenters. The molecule has 3 aromatic carbocycles. The van der Waals surface area contributed by atoms with Gasteiger partial charge < -0.3 is 4.42 Å². The predicted octanol–water partition coefficient (Wildman–Crippen LogP) is 6.31. The van der Waals surface area contributed by atoms with Crippen LogP contribution in [0.15, 0.2) is 83.3 Å². The van der Waals surface area contributed by atoms with Crippen LogP contribution < -0.4 is 0 Å². The van der Waals surface area contributed by atoms with Crippen LogP contribution in [0.1, 0.15) is 26.3 Å². The van der Waals surface area contributed by atoms with Crippen LogP contribution in [0.4, 0.5) is 0 Å². The van der Waals surface area contributed by atoms with Crippen molar-refractivity contribution in [1.82, 2.24) is 10.2 Å². The van der Waals surface area contributed by atoms with Crippen molar-refractivity contribution in [2.75, 3.05) is 0 Å². The van der Waals surface area contributed by atoms with E-state index < -0.39 is 0 Å². The van der Waals surface area contributed by atoms with Crippen LogP contribution in [0.3, 0.4) is 0 Å². The number of rotatable bonds is 3. The maximum absolute atomic E-state index is 6.01. The highest BCUT2D eigenvalue weighted by Gasteiger charge is 2.15. The Hall–Kier alpha value is -2.71. The second-order valence-corrected chi connectivity index (χ2v) is 7.68. The molecule has 0 spiro atoms. The molecule has 0 aliphatic rings. The van der Waals surface area contributed by atoms with Crippen LogP contribution >= 0.6 is 9.06 Å². The molecule has 0 N–H and O–H groups in total. The molecule has 4 aromatic rings. The first kappa shape index (κ1) is 19.6. The minimum absolute atomic E-state index is 0.124. The number of nitrogens with zero attached hydrogens (tertiary/aromatic N) is 2. The van der Waals surface area contributed by atoms with Gasteiger partial charge in [-0.3, -0.25) is 0 Å². The largest absolute Gasteiger partial charge is 0.416 e. The standard InChI is InChI=1S/C24H22N2O.BH2P/c1-24(2,3)21-15-13-20(14-16-21)23-26-25-22(27-23)19-11-9-18(10-12-19)17-7-5-4-6-8-17;1-2/h4-16H,1-3H3;2H2/i;2D. The van der Waals surface area contributed by atoms with Gasteiger partial charge in [-0.15, -0.1) is 10.2 Å². The van der Waals surface area contributed by atoms with E-state index >= 15 is 0 Å². The van der Waals surface area contributed by atoms with Crippen molar-refractivity contribution in [2.24, 2.45) is 0 Å². The highest BCUT2D eigenvalue weighted by atomic mass is 31.0. The molecule has 0 saturated heterocycles. The summed E-state index contributed by atoms with van der Waals surface area (Å²) in [7, 11) is 4.38. The van der Waals surface area contributed by atoms with Gasteiger partial charge in [-0.1, -0.05) is 75.4 Å². The van der Waals surface area contributed by atoms with Crippen molar-refractivity contribution in [3.8, 4) is 34.0 Å². The third-order valence-corrected chi connectivity index (χ3v) is 4.66. The van der Waals surface area contributed by atoms with Crippen molar-refractivity contribution >= 4 is 16.6 Å². The van der Waals surface area contributed by atoms with Gasteiger partial charge in [-0.2, -0.15) is 9.06 Å². The summed E-state index contributed by atoms with van der Waals surface area (Å²) in [6.07, 6.45) is 0. The van der Waals surface area contributed by atoms with E-state index in [-0.39, 0.29) is 14.5 Å². The molecule has 144 valence electrons. The summed E-state index contributed by atoms with van der Waals surface area (Å²) in [6, 6.07) is 26.8. The van der Waals surface area contributed by atoms with Gasteiger partial charge >= 0.3 is 0 Å². The molecule has 3 nitrogen and oxygen atoms in total. The minimum atomic E-state index is -0.167. The van der Waals surface area contributed by atoms with Crippen molar-refractivity contribution < 1.29 is 4.42 Å². The fourth-order valence-corrected chi connectivity index (χ4v) is 3.01. The summed E-state index contributed by atoms with van der Waals surface area (Å²) < 4.78 is 11.9. The number of hydrogen-bond acceptors (Lipinski definition) is 3. The first-order valence-corrected chi connectivity index (χ1v) is 9.97. The molecule has 2 radical (unpaired) electrons. The molecular weight excluding hydrogens is 374 g/mol. The smallest absolute Gasteiger partial charge is 0.248 e. The summed E-state index contributed by atoms with van der Waals surface area (Å²) in [5.74, 6) is 1.07. The molecule has 0 aliphatic heterocycles. The Kier molecular flexibility index (Phi) is 6.22. The lowest BCUT2D eigenvalue weighted by atomic mass is 9.87. The van der Waals surface area contributed by atoms with Gasteiger partial charge in [0.15, 0.2) is 0 Å². The van der Waals surface area contributed by atoms with E-state index in [1.807, 2.05) is 42.5 Å². The topological polar surface area (TPSA) is 38.9 Å². The molecule has 0 amide bonds. The lowest BCUT2D eigenvalue weighted by Crippen LogP contribution is -2.10. The highest BCUT2D eigenvalue weighted by Crippen LogP contribution is 2.28. The van der Waals surface area contributed by atoms with E-state index in [0.717, 1.165) is 16.7 Å². The quantitative estimate of drug-likeness (QED) is 0.299. The van der Waals surface area contributed by atoms with Gasteiger partial charge in [0.2, 0.25) is 11.8 Å². The maximum atomic E-state index is 6.01. The Morgan fingerprint density at radius 3 is 1.62 bits per heavy atom. The molecule has 1 atom stereocenters. The molecule has 29 heavy (non-hydrogen) atoms. The molecule has 5 heteroatoms. The second kappa shape index (κ2) is 9.20. The first-order chi connectivity index (χ1) is 14.4. The number of benzene rings is 3. The number of aromatic nitrogens is 2. The minimum Gasteiger partial charge on any atom is -0.416 e. The fraction of sp³-hybridized carbons (Fsp3) is 0.167. The van der Waals surface area contributed by atoms with Gasteiger partial charge in [0, 0.05) is 12.4 Å². The molecule has 1 heterocycles. The second-order valence-electron chi connectivity index (χ2n) is 7.68. The maximum Gasteiger partial charge on any atom is 0.248 e. The van der Waals surface area contributed by atoms with Gasteiger partial charge in [0.25, 0.3) is 0 Å². The Balaban J connectivity index is 0.000000806. The number of hydrogen-bond donors (Lipinski definition) is 0. The van der Waals surface area contributed by atoms with Crippen LogP contribution in [0.2, 0.25) is 0 Å². The van der Waals surface area contributed by atoms with Crippen LogP contribution in [-0.4, -0.2) is 19.0 Å². The van der Waals surface area contributed by atoms with Crippen molar-refractivity contribution in [3.63, 3.8) is 0 Å². The zero-order valence-corrected chi connectivity index (χ0v) is 17.9. The lowest BCUT2D eigenvalue weighted by Gasteiger charge is -2.18. The fourth-order valence-electron chi connectivity index (χ4n) is 3.01. The summed E-state index contributed by atoms with van der Waals surface area (Å²) >= 11 is 0. The summed E-state index contributed by atoms with van der Waals surface area (Å²) in [6.45, 7) is 6.60. The first-order valence-electron chi connectivity index (χ1n) is 9.90. The zero-order valence-electron chi connectivity index (χ0n) is 17.9. The monoisotopic (exact) mass is 399 g/mol. The van der Waals surface area contributed by atoms with Crippen LogP contribution in [0.5, 0.6) is 0 Å². The van der Waals surface area contributed by atoms with Gasteiger partial charge in [-0.25, -0.2) is 0 Å². The lowest BCUT2D eigenvalue weighted by molar-refractivity contribution is 0.582. The Morgan fingerprint density at radius 1 is 0.724 bits per heavy atom. The highest BCUT2D eigenvalue weighted by molar-refractivity contribution is 7.49. The molecule has 4 rings (SSSR count). The van der Waals surface area contributed by atoms with E-state index in [1.54, 1.807) is 0 Å². The third-order valence-electron chi connectivity index (χ3n) is 4.66. The zero-order chi connectivity index (χ0) is 21.6. The molecule has 0 bridgehead atoms. The van der Waals surface area contributed by atoms with E-state index in [0.29, 0.717) is 11.8 Å². The van der Waals surface area contributed by atoms with Gasteiger partial charge in [0.1, 0.15) is 0 Å². The van der Waals surface area contributed by atoms with Crippen molar-refractivity contribution in [3.05, 3.63) is 84.4 Å². The Labute approximate surface area is 177 Å². The van der Waals surface area contributed by atoms with Crippen molar-refractivity contribution in [2.45, 2.75) is 26.2 Å². The summed E-state index contributed by atoms with van der Waals surface area (Å²) in [4.78, 5) is 0. The molecule has 0 fully saturated rings. The molecule has 1 aromatic heterocycles. The van der Waals surface area contributed by atoms with Crippen LogP contribution in [0.25, 0.3) is 34.0 Å². The molecule has 0 saturated carbocycles. The van der Waals surface area contributed by atoms with Gasteiger partial charge in [0.05, 0.1) is 7.57 Å².